The molecule has 0 heterocycles. The Balaban J connectivity index is 3.50. The van der Waals surface area contributed by atoms with E-state index in [9.17, 15) is 0 Å². The topological polar surface area (TPSA) is 40.5 Å². The van der Waals surface area contributed by atoms with Crippen LogP contribution < -0.4 is 0 Å². The van der Waals surface area contributed by atoms with Crippen molar-refractivity contribution in [3.8, 4) is 0 Å². The summed E-state index contributed by atoms with van der Waals surface area (Å²) in [5, 5.41) is 16.9. The fraction of sp³-hybridized carbons (Fsp3) is 0.667. The molecule has 0 aliphatic rings. The van der Waals surface area contributed by atoms with Crippen LogP contribution in [0.2, 0.25) is 0 Å². The molecular weight excluding hydrogens is 140 g/mol. The third-order valence-electron chi connectivity index (χ3n) is 0.992. The number of aliphatic hydroxyl groups is 2. The van der Waals surface area contributed by atoms with E-state index in [4.69, 9.17) is 21.8 Å². The van der Waals surface area contributed by atoms with Gasteiger partial charge in [-0.15, -0.1) is 0 Å². The molecule has 0 radical (unpaired) electrons. The van der Waals surface area contributed by atoms with E-state index in [2.05, 4.69) is 0 Å². The third kappa shape index (κ3) is 4.15. The van der Waals surface area contributed by atoms with Crippen molar-refractivity contribution in [3.05, 3.63) is 11.0 Å². The number of hydrogen-bond acceptors (Lipinski definition) is 2. The van der Waals surface area contributed by atoms with Crippen LogP contribution in [-0.4, -0.2) is 10.2 Å². The maximum absolute atomic E-state index is 8.35. The summed E-state index contributed by atoms with van der Waals surface area (Å²) in [4.78, 5) is 0. The number of allylic oxidation sites excluding steroid dienone is 1. The Morgan fingerprint density at radius 2 is 2.00 bits per heavy atom. The van der Waals surface area contributed by atoms with Crippen molar-refractivity contribution < 1.29 is 10.2 Å². The van der Waals surface area contributed by atoms with Crippen LogP contribution in [-0.2, 0) is 0 Å². The second kappa shape index (κ2) is 4.50. The van der Waals surface area contributed by atoms with E-state index < -0.39 is 5.95 Å². The summed E-state index contributed by atoms with van der Waals surface area (Å²) in [5.74, 6) is -0.745. The maximum atomic E-state index is 8.35. The summed E-state index contributed by atoms with van der Waals surface area (Å²) in [7, 11) is 0. The SMILES string of the molecule is CCCCC(Cl)=C(O)O. The van der Waals surface area contributed by atoms with E-state index in [1.807, 2.05) is 6.92 Å². The van der Waals surface area contributed by atoms with Gasteiger partial charge in [-0.1, -0.05) is 24.9 Å². The molecule has 0 unspecified atom stereocenters. The summed E-state index contributed by atoms with van der Waals surface area (Å²) in [5.41, 5.74) is 0. The lowest BCUT2D eigenvalue weighted by Crippen LogP contribution is -1.82. The first-order valence-electron chi connectivity index (χ1n) is 2.95. The highest BCUT2D eigenvalue weighted by Crippen LogP contribution is 2.13. The molecule has 0 atom stereocenters. The van der Waals surface area contributed by atoms with Gasteiger partial charge < -0.3 is 10.2 Å². The molecule has 0 fully saturated rings. The molecule has 0 saturated heterocycles. The minimum atomic E-state index is -0.745. The van der Waals surface area contributed by atoms with Crippen molar-refractivity contribution >= 4 is 11.6 Å². The molecule has 0 bridgehead atoms. The van der Waals surface area contributed by atoms with Crippen LogP contribution in [0.5, 0.6) is 0 Å². The van der Waals surface area contributed by atoms with E-state index in [0.717, 1.165) is 12.8 Å². The fourth-order valence-electron chi connectivity index (χ4n) is 0.444. The summed E-state index contributed by atoms with van der Waals surface area (Å²) in [6.07, 6.45) is 2.45. The highest BCUT2D eigenvalue weighted by molar-refractivity contribution is 6.29. The van der Waals surface area contributed by atoms with E-state index in [1.54, 1.807) is 0 Å². The van der Waals surface area contributed by atoms with Gasteiger partial charge in [0.05, 0.1) is 5.03 Å². The lowest BCUT2D eigenvalue weighted by Gasteiger charge is -1.94. The molecule has 0 amide bonds. The molecule has 2 N–H and O–H groups in total. The molecule has 2 nitrogen and oxygen atoms in total. The number of unbranched alkanes of at least 4 members (excludes halogenated alkanes) is 1. The smallest absolute Gasteiger partial charge is 0.289 e. The first kappa shape index (κ1) is 8.63. The monoisotopic (exact) mass is 150 g/mol. The second-order valence-electron chi connectivity index (χ2n) is 1.83. The van der Waals surface area contributed by atoms with Gasteiger partial charge in [0.2, 0.25) is 0 Å². The molecule has 0 saturated carbocycles. The number of aliphatic hydroxyl groups excluding tert-OH is 1. The Kier molecular flexibility index (Phi) is 4.32. The molecule has 0 aliphatic carbocycles. The number of halogens is 1. The summed E-state index contributed by atoms with van der Waals surface area (Å²) >= 11 is 5.37. The lowest BCUT2D eigenvalue weighted by molar-refractivity contribution is 0.187. The van der Waals surface area contributed by atoms with Crippen LogP contribution in [0.1, 0.15) is 26.2 Å². The Bertz CT molecular complexity index is 106. The molecule has 0 aromatic heterocycles. The van der Waals surface area contributed by atoms with Crippen molar-refractivity contribution in [1.82, 2.24) is 0 Å². The van der Waals surface area contributed by atoms with Crippen LogP contribution in [0.3, 0.4) is 0 Å². The molecule has 0 aromatic rings. The van der Waals surface area contributed by atoms with Crippen molar-refractivity contribution in [2.75, 3.05) is 0 Å². The highest BCUT2D eigenvalue weighted by Gasteiger charge is 1.97. The van der Waals surface area contributed by atoms with Gasteiger partial charge in [0, 0.05) is 0 Å². The van der Waals surface area contributed by atoms with Gasteiger partial charge >= 0.3 is 0 Å². The fourth-order valence-corrected chi connectivity index (χ4v) is 0.577. The Labute approximate surface area is 59.8 Å². The zero-order valence-corrected chi connectivity index (χ0v) is 6.15. The minimum absolute atomic E-state index is 0.150. The molecule has 0 rings (SSSR count). The largest absolute Gasteiger partial charge is 0.480 e. The van der Waals surface area contributed by atoms with Gasteiger partial charge in [-0.05, 0) is 12.8 Å². The van der Waals surface area contributed by atoms with Crippen LogP contribution in [0.15, 0.2) is 11.0 Å². The van der Waals surface area contributed by atoms with Gasteiger partial charge in [0.1, 0.15) is 0 Å². The zero-order valence-electron chi connectivity index (χ0n) is 5.39. The van der Waals surface area contributed by atoms with E-state index in [0.29, 0.717) is 6.42 Å². The van der Waals surface area contributed by atoms with Gasteiger partial charge in [0.25, 0.3) is 5.95 Å². The quantitative estimate of drug-likeness (QED) is 0.608. The molecule has 9 heavy (non-hydrogen) atoms. The third-order valence-corrected chi connectivity index (χ3v) is 1.35. The van der Waals surface area contributed by atoms with Crippen molar-refractivity contribution in [3.63, 3.8) is 0 Å². The minimum Gasteiger partial charge on any atom is -0.480 e. The summed E-state index contributed by atoms with van der Waals surface area (Å²) < 4.78 is 0. The van der Waals surface area contributed by atoms with E-state index in [-0.39, 0.29) is 5.03 Å². The standard InChI is InChI=1S/C6H11ClO2/c1-2-3-4-5(7)6(8)9/h8-9H,2-4H2,1H3. The summed E-state index contributed by atoms with van der Waals surface area (Å²) in [6, 6.07) is 0. The molecule has 0 aromatic carbocycles. The predicted octanol–water partition coefficient (Wildman–Crippen LogP) is 2.70. The van der Waals surface area contributed by atoms with Gasteiger partial charge in [0.15, 0.2) is 0 Å². The Morgan fingerprint density at radius 1 is 1.44 bits per heavy atom. The second-order valence-corrected chi connectivity index (χ2v) is 2.29. The highest BCUT2D eigenvalue weighted by atomic mass is 35.5. The van der Waals surface area contributed by atoms with Gasteiger partial charge in [-0.3, -0.25) is 0 Å². The predicted molar refractivity (Wildman–Crippen MR) is 37.7 cm³/mol. The van der Waals surface area contributed by atoms with Crippen LogP contribution in [0, 0.1) is 0 Å². The average Bonchev–Trinajstić information content (AvgIpc) is 1.82. The number of rotatable bonds is 3. The molecule has 54 valence electrons. The first-order valence-corrected chi connectivity index (χ1v) is 3.32. The van der Waals surface area contributed by atoms with Crippen LogP contribution in [0.25, 0.3) is 0 Å². The van der Waals surface area contributed by atoms with Crippen molar-refractivity contribution in [1.29, 1.82) is 0 Å². The molecule has 0 aliphatic heterocycles. The van der Waals surface area contributed by atoms with Crippen LogP contribution in [0.4, 0.5) is 0 Å². The first-order chi connectivity index (χ1) is 4.18. The number of hydrogen-bond donors (Lipinski definition) is 2. The Hall–Kier alpha value is -0.370. The molecule has 3 heteroatoms. The Morgan fingerprint density at radius 3 is 2.33 bits per heavy atom. The van der Waals surface area contributed by atoms with E-state index >= 15 is 0 Å². The average molecular weight is 151 g/mol. The van der Waals surface area contributed by atoms with Gasteiger partial charge in [-0.25, -0.2) is 0 Å². The normalized spacial score (nSPS) is 9.11. The zero-order chi connectivity index (χ0) is 7.28. The van der Waals surface area contributed by atoms with E-state index in [1.165, 1.54) is 0 Å². The maximum Gasteiger partial charge on any atom is 0.289 e. The van der Waals surface area contributed by atoms with Gasteiger partial charge in [-0.2, -0.15) is 0 Å². The molecular formula is C6H11ClO2. The van der Waals surface area contributed by atoms with Crippen LogP contribution >= 0.6 is 11.6 Å². The molecule has 0 spiro atoms. The summed E-state index contributed by atoms with van der Waals surface area (Å²) in [6.45, 7) is 2.01. The van der Waals surface area contributed by atoms with Crippen molar-refractivity contribution in [2.45, 2.75) is 26.2 Å². The van der Waals surface area contributed by atoms with Crippen molar-refractivity contribution in [2.24, 2.45) is 0 Å². The lowest BCUT2D eigenvalue weighted by atomic mass is 10.2.